The first-order chi connectivity index (χ1) is 7.94. The normalized spacial score (nSPS) is 14.6. The molecule has 0 heterocycles. The molecule has 1 rings (SSSR count). The maximum Gasteiger partial charge on any atom is 0.272 e. The van der Waals surface area contributed by atoms with Gasteiger partial charge in [0.25, 0.3) is 10.1 Å². The monoisotopic (exact) mass is 494 g/mol. The number of aryl methyl sites for hydroxylation is 1. The van der Waals surface area contributed by atoms with E-state index in [0.29, 0.717) is 5.56 Å². The third-order valence-electron chi connectivity index (χ3n) is 2.64. The zero-order valence-electron chi connectivity index (χ0n) is 10.7. The van der Waals surface area contributed by atoms with Crippen molar-refractivity contribution >= 4 is 55.3 Å². The molecule has 0 radical (unpaired) electrons. The fraction of sp³-hybridized carbons (Fsp3) is 0.500. The van der Waals surface area contributed by atoms with E-state index in [1.807, 2.05) is 39.8 Å². The molecular formula is C12H16I2O3S. The molecule has 0 spiro atoms. The van der Waals surface area contributed by atoms with E-state index in [2.05, 4.69) is 45.2 Å². The Labute approximate surface area is 136 Å². The number of halogens is 2. The summed E-state index contributed by atoms with van der Waals surface area (Å²) in [6.07, 6.45) is 0. The average Bonchev–Trinajstić information content (AvgIpc) is 2.09. The largest absolute Gasteiger partial charge is 0.285 e. The molecule has 0 aliphatic rings. The van der Waals surface area contributed by atoms with E-state index in [9.17, 15) is 13.0 Å². The molecule has 0 saturated carbocycles. The van der Waals surface area contributed by atoms with Gasteiger partial charge in [-0.15, -0.1) is 0 Å². The molecule has 102 valence electrons. The van der Waals surface area contributed by atoms with E-state index >= 15 is 0 Å². The summed E-state index contributed by atoms with van der Waals surface area (Å²) < 4.78 is 34.7. The van der Waals surface area contributed by atoms with Gasteiger partial charge in [-0.2, -0.15) is 8.42 Å². The highest BCUT2D eigenvalue weighted by Gasteiger charge is 2.38. The Morgan fingerprint density at radius 2 is 1.67 bits per heavy atom. The second-order valence-electron chi connectivity index (χ2n) is 5.38. The minimum Gasteiger partial charge on any atom is -0.285 e. The van der Waals surface area contributed by atoms with E-state index in [4.69, 9.17) is 0 Å². The fourth-order valence-corrected chi connectivity index (χ4v) is 4.98. The van der Waals surface area contributed by atoms with Crippen molar-refractivity contribution in [2.45, 2.75) is 32.9 Å². The summed E-state index contributed by atoms with van der Waals surface area (Å²) in [7, 11) is -4.14. The lowest BCUT2D eigenvalue weighted by molar-refractivity contribution is 0.354. The molecule has 0 fully saturated rings. The molecule has 1 unspecified atom stereocenters. The van der Waals surface area contributed by atoms with E-state index in [0.717, 1.165) is 12.7 Å². The summed E-state index contributed by atoms with van der Waals surface area (Å²) in [4.78, 5) is 0. The predicted octanol–water partition coefficient (Wildman–Crippen LogP) is 4.18. The zero-order chi connectivity index (χ0) is 14.3. The maximum atomic E-state index is 11.7. The second kappa shape index (κ2) is 5.53. The Hall–Kier alpha value is 0.590. The summed E-state index contributed by atoms with van der Waals surface area (Å²) in [5, 5.41) is -0.911. The van der Waals surface area contributed by atoms with Crippen molar-refractivity contribution in [1.82, 2.24) is 0 Å². The van der Waals surface area contributed by atoms with Gasteiger partial charge in [0.1, 0.15) is 5.25 Å². The Kier molecular flexibility index (Phi) is 5.11. The molecular weight excluding hydrogens is 478 g/mol. The van der Waals surface area contributed by atoms with Crippen molar-refractivity contribution < 1.29 is 13.0 Å². The Balaban J connectivity index is 3.55. The first-order valence-corrected chi connectivity index (χ1v) is 9.02. The van der Waals surface area contributed by atoms with Crippen LogP contribution in [0.5, 0.6) is 0 Å². The van der Waals surface area contributed by atoms with Crippen LogP contribution in [0.25, 0.3) is 0 Å². The molecule has 0 saturated heterocycles. The van der Waals surface area contributed by atoms with Crippen LogP contribution in [0, 0.1) is 19.5 Å². The van der Waals surface area contributed by atoms with Gasteiger partial charge in [0.05, 0.1) is 0 Å². The zero-order valence-corrected chi connectivity index (χ0v) is 15.8. The van der Waals surface area contributed by atoms with Crippen molar-refractivity contribution in [2.24, 2.45) is 5.41 Å². The van der Waals surface area contributed by atoms with Crippen LogP contribution in [0.15, 0.2) is 12.1 Å². The Morgan fingerprint density at radius 3 is 2.06 bits per heavy atom. The highest BCUT2D eigenvalue weighted by atomic mass is 127. The second-order valence-corrected chi connectivity index (χ2v) is 9.21. The number of benzene rings is 1. The van der Waals surface area contributed by atoms with E-state index in [1.54, 1.807) is 0 Å². The third kappa shape index (κ3) is 3.80. The van der Waals surface area contributed by atoms with Crippen molar-refractivity contribution in [2.75, 3.05) is 0 Å². The molecule has 3 nitrogen and oxygen atoms in total. The SMILES string of the molecule is Cc1cc(I)c(C(C(C)(C)C)S(=O)(=O)O)cc1I. The maximum absolute atomic E-state index is 11.7. The van der Waals surface area contributed by atoms with Crippen molar-refractivity contribution in [3.8, 4) is 0 Å². The molecule has 18 heavy (non-hydrogen) atoms. The first-order valence-electron chi connectivity index (χ1n) is 5.36. The quantitative estimate of drug-likeness (QED) is 0.496. The predicted molar refractivity (Wildman–Crippen MR) is 90.4 cm³/mol. The standard InChI is InChI=1S/C12H16I2O3S/c1-7-5-10(14)8(6-9(7)13)11(12(2,3)4)18(15,16)17/h5-6,11H,1-4H3,(H,15,16,17). The molecule has 0 bridgehead atoms. The topological polar surface area (TPSA) is 54.4 Å². The third-order valence-corrected chi connectivity index (χ3v) is 6.30. The van der Waals surface area contributed by atoms with Crippen LogP contribution in [0.4, 0.5) is 0 Å². The lowest BCUT2D eigenvalue weighted by atomic mass is 9.87. The number of rotatable bonds is 2. The fourth-order valence-electron chi connectivity index (χ4n) is 1.94. The Bertz CT molecular complexity index is 559. The molecule has 1 N–H and O–H groups in total. The van der Waals surface area contributed by atoms with Crippen LogP contribution >= 0.6 is 45.2 Å². The molecule has 0 aromatic heterocycles. The summed E-state index contributed by atoms with van der Waals surface area (Å²) in [5.41, 5.74) is 1.21. The molecule has 6 heteroatoms. The van der Waals surface area contributed by atoms with Crippen molar-refractivity contribution in [1.29, 1.82) is 0 Å². The molecule has 0 aliphatic heterocycles. The van der Waals surface area contributed by atoms with Crippen LogP contribution in [-0.2, 0) is 10.1 Å². The first kappa shape index (κ1) is 16.6. The lowest BCUT2D eigenvalue weighted by Crippen LogP contribution is -2.27. The minimum atomic E-state index is -4.14. The van der Waals surface area contributed by atoms with Crippen LogP contribution in [0.1, 0.15) is 37.1 Å². The van der Waals surface area contributed by atoms with Gasteiger partial charge in [0.2, 0.25) is 0 Å². The Morgan fingerprint density at radius 1 is 1.17 bits per heavy atom. The minimum absolute atomic E-state index is 0.564. The summed E-state index contributed by atoms with van der Waals surface area (Å²) in [5.74, 6) is 0. The summed E-state index contributed by atoms with van der Waals surface area (Å²) in [6, 6.07) is 3.79. The van der Waals surface area contributed by atoms with Crippen LogP contribution in [0.2, 0.25) is 0 Å². The molecule has 1 atom stereocenters. The van der Waals surface area contributed by atoms with Crippen molar-refractivity contribution in [3.63, 3.8) is 0 Å². The van der Waals surface area contributed by atoms with Crippen molar-refractivity contribution in [3.05, 3.63) is 30.4 Å². The van der Waals surface area contributed by atoms with Crippen LogP contribution in [-0.4, -0.2) is 13.0 Å². The van der Waals surface area contributed by atoms with Gasteiger partial charge in [-0.05, 0) is 80.8 Å². The van der Waals surface area contributed by atoms with Crippen LogP contribution < -0.4 is 0 Å². The van der Waals surface area contributed by atoms with Gasteiger partial charge in [-0.3, -0.25) is 4.55 Å². The van der Waals surface area contributed by atoms with E-state index < -0.39 is 20.8 Å². The summed E-state index contributed by atoms with van der Waals surface area (Å²) >= 11 is 4.30. The van der Waals surface area contributed by atoms with Gasteiger partial charge in [-0.1, -0.05) is 20.8 Å². The van der Waals surface area contributed by atoms with Gasteiger partial charge in [0.15, 0.2) is 0 Å². The summed E-state index contributed by atoms with van der Waals surface area (Å²) in [6.45, 7) is 7.42. The van der Waals surface area contributed by atoms with Gasteiger partial charge >= 0.3 is 0 Å². The smallest absolute Gasteiger partial charge is 0.272 e. The highest BCUT2D eigenvalue weighted by Crippen LogP contribution is 2.41. The highest BCUT2D eigenvalue weighted by molar-refractivity contribution is 14.1. The van der Waals surface area contributed by atoms with Crippen LogP contribution in [0.3, 0.4) is 0 Å². The van der Waals surface area contributed by atoms with Gasteiger partial charge in [0, 0.05) is 7.14 Å². The molecule has 0 amide bonds. The van der Waals surface area contributed by atoms with E-state index in [-0.39, 0.29) is 0 Å². The molecule has 0 aliphatic carbocycles. The van der Waals surface area contributed by atoms with Gasteiger partial charge in [-0.25, -0.2) is 0 Å². The number of hydrogen-bond acceptors (Lipinski definition) is 2. The molecule has 1 aromatic carbocycles. The van der Waals surface area contributed by atoms with Gasteiger partial charge < -0.3 is 0 Å². The molecule has 1 aromatic rings. The van der Waals surface area contributed by atoms with E-state index in [1.165, 1.54) is 0 Å². The average molecular weight is 494 g/mol. The lowest BCUT2D eigenvalue weighted by Gasteiger charge is -2.29. The number of hydrogen-bond donors (Lipinski definition) is 1.